The van der Waals surface area contributed by atoms with E-state index in [4.69, 9.17) is 17.0 Å². The smallest absolute Gasteiger partial charge is 0.265 e. The van der Waals surface area contributed by atoms with Crippen molar-refractivity contribution in [3.05, 3.63) is 30.3 Å². The molecule has 1 heterocycles. The second-order valence-electron chi connectivity index (χ2n) is 3.26. The van der Waals surface area contributed by atoms with Crippen LogP contribution in [0.5, 0.6) is 5.75 Å². The van der Waals surface area contributed by atoms with Gasteiger partial charge in [-0.2, -0.15) is 0 Å². The number of thiocarbonyl (C=S) groups is 1. The number of carbonyl (C=O) groups excluding carboxylic acids is 1. The van der Waals surface area contributed by atoms with E-state index in [-0.39, 0.29) is 12.5 Å². The lowest BCUT2D eigenvalue weighted by atomic mass is 10.3. The van der Waals surface area contributed by atoms with Gasteiger partial charge in [0.25, 0.3) is 5.91 Å². The largest absolute Gasteiger partial charge is 0.484 e. The van der Waals surface area contributed by atoms with Crippen LogP contribution in [0.25, 0.3) is 0 Å². The molecule has 1 aromatic rings. The van der Waals surface area contributed by atoms with Crippen LogP contribution in [0.3, 0.4) is 0 Å². The van der Waals surface area contributed by atoms with Crippen LogP contribution in [0.2, 0.25) is 0 Å². The van der Waals surface area contributed by atoms with Gasteiger partial charge < -0.3 is 4.74 Å². The van der Waals surface area contributed by atoms with Crippen LogP contribution in [-0.4, -0.2) is 34.0 Å². The van der Waals surface area contributed by atoms with Crippen molar-refractivity contribution in [2.24, 2.45) is 0 Å². The molecule has 1 amide bonds. The van der Waals surface area contributed by atoms with Gasteiger partial charge in [-0.15, -0.1) is 0 Å². The van der Waals surface area contributed by atoms with E-state index >= 15 is 0 Å². The quantitative estimate of drug-likeness (QED) is 0.770. The Hall–Kier alpha value is -1.07. The predicted octanol–water partition coefficient (Wildman–Crippen LogP) is 1.93. The minimum absolute atomic E-state index is 0.0463. The SMILES string of the molecule is O=C(COc1ccccc1)N1CCSC1=S. The molecule has 0 aliphatic carbocycles. The van der Waals surface area contributed by atoms with Crippen molar-refractivity contribution < 1.29 is 9.53 Å². The van der Waals surface area contributed by atoms with Crippen molar-refractivity contribution in [2.75, 3.05) is 18.9 Å². The monoisotopic (exact) mass is 253 g/mol. The lowest BCUT2D eigenvalue weighted by Crippen LogP contribution is -2.34. The molecule has 0 saturated carbocycles. The van der Waals surface area contributed by atoms with E-state index in [1.165, 1.54) is 11.8 Å². The second kappa shape index (κ2) is 5.32. The molecular weight excluding hydrogens is 242 g/mol. The number of carbonyl (C=O) groups is 1. The maximum absolute atomic E-state index is 11.7. The van der Waals surface area contributed by atoms with Crippen LogP contribution in [0, 0.1) is 0 Å². The molecule has 1 fully saturated rings. The second-order valence-corrected chi connectivity index (χ2v) is 4.99. The third kappa shape index (κ3) is 2.74. The number of para-hydroxylation sites is 1. The highest BCUT2D eigenvalue weighted by Crippen LogP contribution is 2.18. The molecule has 0 spiro atoms. The highest BCUT2D eigenvalue weighted by Gasteiger charge is 2.24. The third-order valence-corrected chi connectivity index (χ3v) is 3.60. The zero-order valence-electron chi connectivity index (χ0n) is 8.59. The molecule has 1 aliphatic rings. The molecule has 0 N–H and O–H groups in total. The van der Waals surface area contributed by atoms with Crippen LogP contribution in [0.1, 0.15) is 0 Å². The van der Waals surface area contributed by atoms with Crippen LogP contribution in [0.4, 0.5) is 0 Å². The van der Waals surface area contributed by atoms with E-state index in [0.717, 1.165) is 5.75 Å². The summed E-state index contributed by atoms with van der Waals surface area (Å²) in [6.07, 6.45) is 0. The standard InChI is InChI=1S/C11H11NO2S2/c13-10(12-6-7-16-11(12)15)8-14-9-4-2-1-3-5-9/h1-5H,6-8H2. The molecule has 1 saturated heterocycles. The van der Waals surface area contributed by atoms with Crippen molar-refractivity contribution in [1.82, 2.24) is 4.90 Å². The van der Waals surface area contributed by atoms with Crippen molar-refractivity contribution in [1.29, 1.82) is 0 Å². The first kappa shape index (κ1) is 11.4. The Bertz CT molecular complexity index is 394. The fourth-order valence-electron chi connectivity index (χ4n) is 1.36. The van der Waals surface area contributed by atoms with Gasteiger partial charge in [0, 0.05) is 12.3 Å². The van der Waals surface area contributed by atoms with Gasteiger partial charge >= 0.3 is 0 Å². The molecule has 0 unspecified atom stereocenters. The van der Waals surface area contributed by atoms with Crippen molar-refractivity contribution in [2.45, 2.75) is 0 Å². The summed E-state index contributed by atoms with van der Waals surface area (Å²) in [5.74, 6) is 1.52. The van der Waals surface area contributed by atoms with E-state index < -0.39 is 0 Å². The first-order valence-corrected chi connectivity index (χ1v) is 6.32. The molecular formula is C11H11NO2S2. The summed E-state index contributed by atoms with van der Waals surface area (Å²) < 4.78 is 6.02. The zero-order chi connectivity index (χ0) is 11.4. The number of nitrogens with zero attached hydrogens (tertiary/aromatic N) is 1. The van der Waals surface area contributed by atoms with Gasteiger partial charge in [-0.25, -0.2) is 0 Å². The number of rotatable bonds is 3. The zero-order valence-corrected chi connectivity index (χ0v) is 10.2. The molecule has 0 bridgehead atoms. The predicted molar refractivity (Wildman–Crippen MR) is 68.7 cm³/mol. The number of thioether (sulfide) groups is 1. The summed E-state index contributed by atoms with van der Waals surface area (Å²) in [6.45, 7) is 0.741. The molecule has 16 heavy (non-hydrogen) atoms. The highest BCUT2D eigenvalue weighted by atomic mass is 32.2. The number of hydrogen-bond acceptors (Lipinski definition) is 4. The summed E-state index contributed by atoms with van der Waals surface area (Å²) in [5.41, 5.74) is 0. The minimum Gasteiger partial charge on any atom is -0.484 e. The van der Waals surface area contributed by atoms with Crippen LogP contribution in [0.15, 0.2) is 30.3 Å². The lowest BCUT2D eigenvalue weighted by molar-refractivity contribution is -0.128. The maximum atomic E-state index is 11.7. The Morgan fingerprint density at radius 1 is 1.44 bits per heavy atom. The topological polar surface area (TPSA) is 29.5 Å². The summed E-state index contributed by atoms with van der Waals surface area (Å²) in [4.78, 5) is 13.3. The molecule has 3 nitrogen and oxygen atoms in total. The summed E-state index contributed by atoms with van der Waals surface area (Å²) in [6, 6.07) is 9.29. The summed E-state index contributed by atoms with van der Waals surface area (Å²) in [5, 5.41) is 0. The Morgan fingerprint density at radius 3 is 2.81 bits per heavy atom. The van der Waals surface area contributed by atoms with Gasteiger partial charge in [0.05, 0.1) is 0 Å². The molecule has 0 radical (unpaired) electrons. The average molecular weight is 253 g/mol. The third-order valence-electron chi connectivity index (χ3n) is 2.17. The van der Waals surface area contributed by atoms with E-state index in [1.807, 2.05) is 30.3 Å². The minimum atomic E-state index is -0.0705. The molecule has 0 aromatic heterocycles. The lowest BCUT2D eigenvalue weighted by Gasteiger charge is -2.14. The first-order valence-electron chi connectivity index (χ1n) is 4.92. The Morgan fingerprint density at radius 2 is 2.19 bits per heavy atom. The van der Waals surface area contributed by atoms with E-state index in [9.17, 15) is 4.79 Å². The number of benzene rings is 1. The van der Waals surface area contributed by atoms with Crippen molar-refractivity contribution in [3.63, 3.8) is 0 Å². The van der Waals surface area contributed by atoms with Crippen LogP contribution < -0.4 is 4.74 Å². The fraction of sp³-hybridized carbons (Fsp3) is 0.273. The van der Waals surface area contributed by atoms with Gasteiger partial charge in [-0.3, -0.25) is 9.69 Å². The summed E-state index contributed by atoms with van der Waals surface area (Å²) in [7, 11) is 0. The maximum Gasteiger partial charge on any atom is 0.265 e. The van der Waals surface area contributed by atoms with E-state index in [1.54, 1.807) is 4.90 Å². The van der Waals surface area contributed by atoms with Crippen LogP contribution in [-0.2, 0) is 4.79 Å². The summed E-state index contributed by atoms with van der Waals surface area (Å²) >= 11 is 6.60. The molecule has 0 atom stereocenters. The molecule has 5 heteroatoms. The fourth-order valence-corrected chi connectivity index (χ4v) is 2.60. The van der Waals surface area contributed by atoms with Crippen molar-refractivity contribution >= 4 is 34.2 Å². The van der Waals surface area contributed by atoms with E-state index in [2.05, 4.69) is 0 Å². The number of ether oxygens (including phenoxy) is 1. The van der Waals surface area contributed by atoms with Crippen LogP contribution >= 0.6 is 24.0 Å². The average Bonchev–Trinajstić information content (AvgIpc) is 2.74. The molecule has 1 aromatic carbocycles. The van der Waals surface area contributed by atoms with Gasteiger partial charge in [-0.05, 0) is 12.1 Å². The van der Waals surface area contributed by atoms with Crippen molar-refractivity contribution in [3.8, 4) is 5.75 Å². The number of hydrogen-bond donors (Lipinski definition) is 0. The molecule has 84 valence electrons. The molecule has 2 rings (SSSR count). The van der Waals surface area contributed by atoms with E-state index in [0.29, 0.717) is 16.6 Å². The normalized spacial score (nSPS) is 15.2. The Labute approximate surface area is 104 Å². The Kier molecular flexibility index (Phi) is 3.79. The number of amides is 1. The van der Waals surface area contributed by atoms with Gasteiger partial charge in [-0.1, -0.05) is 42.2 Å². The van der Waals surface area contributed by atoms with Gasteiger partial charge in [0.1, 0.15) is 10.1 Å². The highest BCUT2D eigenvalue weighted by molar-refractivity contribution is 8.23. The molecule has 1 aliphatic heterocycles. The van der Waals surface area contributed by atoms with Gasteiger partial charge in [0.15, 0.2) is 6.61 Å². The van der Waals surface area contributed by atoms with Gasteiger partial charge in [0.2, 0.25) is 0 Å². The Balaban J connectivity index is 1.86. The first-order chi connectivity index (χ1) is 7.77.